The predicted octanol–water partition coefficient (Wildman–Crippen LogP) is 2.57. The zero-order valence-electron chi connectivity index (χ0n) is 7.62. The summed E-state index contributed by atoms with van der Waals surface area (Å²) in [6, 6.07) is 0. The lowest BCUT2D eigenvalue weighted by Crippen LogP contribution is -2.09. The molecule has 0 aromatic carbocycles. The molecule has 0 aromatic rings. The van der Waals surface area contributed by atoms with E-state index < -0.39 is 0 Å². The summed E-state index contributed by atoms with van der Waals surface area (Å²) in [5.41, 5.74) is 0. The van der Waals surface area contributed by atoms with Crippen LogP contribution in [-0.2, 0) is 4.79 Å². The first kappa shape index (κ1) is 8.03. The molecule has 0 aliphatic heterocycles. The summed E-state index contributed by atoms with van der Waals surface area (Å²) in [4.78, 5) is 11.4. The molecular formula is C11H16O. The van der Waals surface area contributed by atoms with Gasteiger partial charge in [-0.2, -0.15) is 0 Å². The molecule has 66 valence electrons. The fraction of sp³-hybridized carbons (Fsp3) is 0.727. The van der Waals surface area contributed by atoms with Crippen molar-refractivity contribution >= 4 is 5.78 Å². The van der Waals surface area contributed by atoms with Crippen LogP contribution in [0.2, 0.25) is 0 Å². The molecule has 2 aliphatic carbocycles. The normalized spacial score (nSPS) is 40.1. The van der Waals surface area contributed by atoms with Crippen molar-refractivity contribution in [1.29, 1.82) is 0 Å². The third kappa shape index (κ3) is 1.12. The fourth-order valence-electron chi connectivity index (χ4n) is 2.72. The standard InChI is InChI=1S/C11H16O/c1-2-3-4-9-8-5-6-10(9)11(12)7-8/h3-4,8-10H,2,5-7H2,1H3/b4-3-/t8-,9+,10-/m1/s1. The summed E-state index contributed by atoms with van der Waals surface area (Å²) in [6.07, 6.45) is 8.91. The lowest BCUT2D eigenvalue weighted by molar-refractivity contribution is -0.121. The number of ketones is 1. The van der Waals surface area contributed by atoms with Gasteiger partial charge in [0.05, 0.1) is 0 Å². The van der Waals surface area contributed by atoms with E-state index in [0.717, 1.165) is 19.3 Å². The number of rotatable bonds is 2. The summed E-state index contributed by atoms with van der Waals surface area (Å²) in [7, 11) is 0. The van der Waals surface area contributed by atoms with E-state index in [9.17, 15) is 4.79 Å². The summed E-state index contributed by atoms with van der Waals surface area (Å²) in [5, 5.41) is 0. The Hall–Kier alpha value is -0.590. The van der Waals surface area contributed by atoms with E-state index in [1.165, 1.54) is 6.42 Å². The van der Waals surface area contributed by atoms with Gasteiger partial charge in [-0.05, 0) is 31.1 Å². The van der Waals surface area contributed by atoms with E-state index >= 15 is 0 Å². The zero-order chi connectivity index (χ0) is 8.55. The van der Waals surface area contributed by atoms with Gasteiger partial charge < -0.3 is 0 Å². The van der Waals surface area contributed by atoms with Gasteiger partial charge in [0.15, 0.2) is 0 Å². The Morgan fingerprint density at radius 2 is 2.33 bits per heavy atom. The molecule has 0 spiro atoms. The smallest absolute Gasteiger partial charge is 0.136 e. The number of hydrogen-bond donors (Lipinski definition) is 0. The van der Waals surface area contributed by atoms with Crippen molar-refractivity contribution < 1.29 is 4.79 Å². The van der Waals surface area contributed by atoms with Crippen LogP contribution >= 0.6 is 0 Å². The highest BCUT2D eigenvalue weighted by molar-refractivity contribution is 5.85. The van der Waals surface area contributed by atoms with Crippen LogP contribution in [0, 0.1) is 17.8 Å². The van der Waals surface area contributed by atoms with Gasteiger partial charge in [-0.3, -0.25) is 4.79 Å². The molecule has 0 radical (unpaired) electrons. The first-order valence-corrected chi connectivity index (χ1v) is 5.02. The van der Waals surface area contributed by atoms with Gasteiger partial charge in [-0.15, -0.1) is 0 Å². The van der Waals surface area contributed by atoms with Crippen LogP contribution in [0.3, 0.4) is 0 Å². The van der Waals surface area contributed by atoms with Crippen molar-refractivity contribution in [1.82, 2.24) is 0 Å². The number of carbonyl (C=O) groups excluding carboxylic acids is 1. The van der Waals surface area contributed by atoms with E-state index in [1.807, 2.05) is 0 Å². The van der Waals surface area contributed by atoms with Gasteiger partial charge in [-0.25, -0.2) is 0 Å². The number of fused-ring (bicyclic) bond motifs is 2. The van der Waals surface area contributed by atoms with E-state index in [-0.39, 0.29) is 0 Å². The highest BCUT2D eigenvalue weighted by atomic mass is 16.1. The van der Waals surface area contributed by atoms with Crippen molar-refractivity contribution in [3.63, 3.8) is 0 Å². The number of hydrogen-bond acceptors (Lipinski definition) is 1. The van der Waals surface area contributed by atoms with Crippen LogP contribution in [0.5, 0.6) is 0 Å². The minimum Gasteiger partial charge on any atom is -0.299 e. The van der Waals surface area contributed by atoms with Gasteiger partial charge in [0.1, 0.15) is 5.78 Å². The summed E-state index contributed by atoms with van der Waals surface area (Å²) in [5.74, 6) is 2.23. The minimum atomic E-state index is 0.401. The molecule has 2 aliphatic rings. The lowest BCUT2D eigenvalue weighted by Gasteiger charge is -2.06. The Morgan fingerprint density at radius 1 is 1.50 bits per heavy atom. The second-order valence-corrected chi connectivity index (χ2v) is 4.03. The second kappa shape index (κ2) is 3.04. The summed E-state index contributed by atoms with van der Waals surface area (Å²) < 4.78 is 0. The van der Waals surface area contributed by atoms with Gasteiger partial charge in [0.25, 0.3) is 0 Å². The molecule has 1 heteroatoms. The van der Waals surface area contributed by atoms with E-state index in [0.29, 0.717) is 23.5 Å². The van der Waals surface area contributed by atoms with Crippen LogP contribution in [0.1, 0.15) is 32.6 Å². The van der Waals surface area contributed by atoms with Crippen molar-refractivity contribution in [3.8, 4) is 0 Å². The molecule has 0 aromatic heterocycles. The maximum absolute atomic E-state index is 11.4. The predicted molar refractivity (Wildman–Crippen MR) is 48.8 cm³/mol. The van der Waals surface area contributed by atoms with Crippen LogP contribution in [0.15, 0.2) is 12.2 Å². The molecule has 0 N–H and O–H groups in total. The van der Waals surface area contributed by atoms with Crippen molar-refractivity contribution in [3.05, 3.63) is 12.2 Å². The monoisotopic (exact) mass is 164 g/mol. The molecule has 1 nitrogen and oxygen atoms in total. The highest BCUT2D eigenvalue weighted by Gasteiger charge is 2.45. The summed E-state index contributed by atoms with van der Waals surface area (Å²) >= 11 is 0. The Labute approximate surface area is 73.8 Å². The van der Waals surface area contributed by atoms with Gasteiger partial charge >= 0.3 is 0 Å². The van der Waals surface area contributed by atoms with Gasteiger partial charge in [-0.1, -0.05) is 19.1 Å². The largest absolute Gasteiger partial charge is 0.299 e. The van der Waals surface area contributed by atoms with Crippen LogP contribution in [0.4, 0.5) is 0 Å². The van der Waals surface area contributed by atoms with Crippen LogP contribution in [-0.4, -0.2) is 5.78 Å². The molecule has 2 rings (SSSR count). The van der Waals surface area contributed by atoms with Crippen LogP contribution in [0.25, 0.3) is 0 Å². The molecular weight excluding hydrogens is 148 g/mol. The Balaban J connectivity index is 2.08. The molecule has 0 amide bonds. The molecule has 12 heavy (non-hydrogen) atoms. The average Bonchev–Trinajstić information content (AvgIpc) is 2.56. The molecule has 0 unspecified atom stereocenters. The Morgan fingerprint density at radius 3 is 2.83 bits per heavy atom. The molecule has 2 fully saturated rings. The topological polar surface area (TPSA) is 17.1 Å². The molecule has 3 atom stereocenters. The van der Waals surface area contributed by atoms with Crippen LogP contribution < -0.4 is 0 Å². The lowest BCUT2D eigenvalue weighted by atomic mass is 9.97. The minimum absolute atomic E-state index is 0.401. The number of carbonyl (C=O) groups is 1. The second-order valence-electron chi connectivity index (χ2n) is 4.03. The van der Waals surface area contributed by atoms with Crippen molar-refractivity contribution in [2.24, 2.45) is 17.8 Å². The van der Waals surface area contributed by atoms with Gasteiger partial charge in [0, 0.05) is 12.3 Å². The summed E-state index contributed by atoms with van der Waals surface area (Å²) in [6.45, 7) is 2.15. The van der Waals surface area contributed by atoms with Gasteiger partial charge in [0.2, 0.25) is 0 Å². The highest BCUT2D eigenvalue weighted by Crippen LogP contribution is 2.47. The first-order valence-electron chi connectivity index (χ1n) is 5.02. The number of Topliss-reactive ketones (excluding diaryl/α,β-unsaturated/α-hetero) is 1. The quantitative estimate of drug-likeness (QED) is 0.573. The SMILES string of the molecule is CC/C=C\[C@H]1[C@@H]2CC[C@H]1C(=O)C2. The molecule has 2 bridgehead atoms. The molecule has 2 saturated carbocycles. The van der Waals surface area contributed by atoms with E-state index in [4.69, 9.17) is 0 Å². The third-order valence-corrected chi connectivity index (χ3v) is 3.33. The van der Waals surface area contributed by atoms with E-state index in [2.05, 4.69) is 19.1 Å². The third-order valence-electron chi connectivity index (χ3n) is 3.33. The first-order chi connectivity index (χ1) is 5.83. The molecule has 0 heterocycles. The maximum atomic E-state index is 11.4. The number of allylic oxidation sites excluding steroid dienone is 2. The van der Waals surface area contributed by atoms with E-state index in [1.54, 1.807) is 0 Å². The van der Waals surface area contributed by atoms with Crippen molar-refractivity contribution in [2.45, 2.75) is 32.6 Å². The maximum Gasteiger partial charge on any atom is 0.136 e. The Bertz CT molecular complexity index is 217. The average molecular weight is 164 g/mol. The zero-order valence-corrected chi connectivity index (χ0v) is 7.62. The fourth-order valence-corrected chi connectivity index (χ4v) is 2.72. The molecule has 0 saturated heterocycles. The Kier molecular flexibility index (Phi) is 2.03. The van der Waals surface area contributed by atoms with Crippen molar-refractivity contribution in [2.75, 3.05) is 0 Å².